The van der Waals surface area contributed by atoms with Crippen LogP contribution in [0.15, 0.2) is 12.2 Å². The lowest BCUT2D eigenvalue weighted by Gasteiger charge is -2.06. The third-order valence-corrected chi connectivity index (χ3v) is 1.05. The number of ether oxygens (including phenoxy) is 1. The van der Waals surface area contributed by atoms with Gasteiger partial charge in [-0.1, -0.05) is 6.08 Å². The summed E-state index contributed by atoms with van der Waals surface area (Å²) in [4.78, 5) is 20.6. The molecule has 0 aromatic rings. The molecule has 0 aromatic heterocycles. The van der Waals surface area contributed by atoms with E-state index in [2.05, 4.69) is 0 Å². The number of carbonyl (C=O) groups excluding carboxylic acids is 2. The van der Waals surface area contributed by atoms with Crippen LogP contribution in [0.5, 0.6) is 0 Å². The van der Waals surface area contributed by atoms with Crippen molar-refractivity contribution in [2.75, 3.05) is 0 Å². The standard InChI is InChI=1S/C8H12O3/c1-3-4-8(10)11-7(2)5-6-9/h3-4,6-7H,5H2,1-2H3/b4-3-. The molecule has 0 saturated heterocycles. The molecule has 0 saturated carbocycles. The molecule has 0 rings (SSSR count). The van der Waals surface area contributed by atoms with Gasteiger partial charge in [-0.05, 0) is 13.8 Å². The third kappa shape index (κ3) is 5.33. The van der Waals surface area contributed by atoms with Gasteiger partial charge in [0.1, 0.15) is 12.4 Å². The first-order chi connectivity index (χ1) is 5.20. The molecule has 11 heavy (non-hydrogen) atoms. The van der Waals surface area contributed by atoms with Crippen LogP contribution in [0.25, 0.3) is 0 Å². The summed E-state index contributed by atoms with van der Waals surface area (Å²) >= 11 is 0. The quantitative estimate of drug-likeness (QED) is 0.347. The molecule has 1 unspecified atom stereocenters. The maximum atomic E-state index is 10.7. The van der Waals surface area contributed by atoms with Crippen molar-refractivity contribution in [1.29, 1.82) is 0 Å². The van der Waals surface area contributed by atoms with Crippen LogP contribution in [0, 0.1) is 0 Å². The summed E-state index contributed by atoms with van der Waals surface area (Å²) in [5.74, 6) is -0.401. The minimum atomic E-state index is -0.401. The number of allylic oxidation sites excluding steroid dienone is 1. The Morgan fingerprint density at radius 1 is 1.64 bits per heavy atom. The second-order valence-electron chi connectivity index (χ2n) is 2.15. The lowest BCUT2D eigenvalue weighted by atomic mass is 10.3. The summed E-state index contributed by atoms with van der Waals surface area (Å²) in [5, 5.41) is 0. The van der Waals surface area contributed by atoms with E-state index in [-0.39, 0.29) is 12.5 Å². The number of rotatable bonds is 4. The van der Waals surface area contributed by atoms with Crippen molar-refractivity contribution in [2.45, 2.75) is 26.4 Å². The van der Waals surface area contributed by atoms with Crippen molar-refractivity contribution in [2.24, 2.45) is 0 Å². The fourth-order valence-corrected chi connectivity index (χ4v) is 0.557. The summed E-state index contributed by atoms with van der Waals surface area (Å²) in [6, 6.07) is 0. The van der Waals surface area contributed by atoms with Gasteiger partial charge in [-0.25, -0.2) is 4.79 Å². The van der Waals surface area contributed by atoms with Crippen LogP contribution in [0.1, 0.15) is 20.3 Å². The Balaban J connectivity index is 3.65. The van der Waals surface area contributed by atoms with Gasteiger partial charge < -0.3 is 9.53 Å². The smallest absolute Gasteiger partial charge is 0.330 e. The van der Waals surface area contributed by atoms with Crippen LogP contribution in [-0.4, -0.2) is 18.4 Å². The number of hydrogen-bond donors (Lipinski definition) is 0. The van der Waals surface area contributed by atoms with E-state index in [4.69, 9.17) is 4.74 Å². The van der Waals surface area contributed by atoms with Crippen LogP contribution in [0.4, 0.5) is 0 Å². The molecule has 0 amide bonds. The topological polar surface area (TPSA) is 43.4 Å². The van der Waals surface area contributed by atoms with E-state index in [0.29, 0.717) is 0 Å². The maximum Gasteiger partial charge on any atom is 0.330 e. The third-order valence-electron chi connectivity index (χ3n) is 1.05. The average molecular weight is 156 g/mol. The highest BCUT2D eigenvalue weighted by Gasteiger charge is 2.04. The first-order valence-corrected chi connectivity index (χ1v) is 3.47. The van der Waals surface area contributed by atoms with Crippen molar-refractivity contribution < 1.29 is 14.3 Å². The molecule has 0 fully saturated rings. The molecule has 0 N–H and O–H groups in total. The number of hydrogen-bond acceptors (Lipinski definition) is 3. The van der Waals surface area contributed by atoms with Crippen molar-refractivity contribution >= 4 is 12.3 Å². The van der Waals surface area contributed by atoms with Gasteiger partial charge in [-0.15, -0.1) is 0 Å². The Hall–Kier alpha value is -1.12. The molecular formula is C8H12O3. The molecular weight excluding hydrogens is 144 g/mol. The average Bonchev–Trinajstić information content (AvgIpc) is 1.87. The summed E-state index contributed by atoms with van der Waals surface area (Å²) < 4.78 is 4.77. The first kappa shape index (κ1) is 9.88. The van der Waals surface area contributed by atoms with Gasteiger partial charge in [0.05, 0.1) is 0 Å². The van der Waals surface area contributed by atoms with Crippen molar-refractivity contribution in [1.82, 2.24) is 0 Å². The van der Waals surface area contributed by atoms with Gasteiger partial charge in [0, 0.05) is 12.5 Å². The molecule has 3 heteroatoms. The SMILES string of the molecule is C/C=C\C(=O)OC(C)CC=O. The van der Waals surface area contributed by atoms with Crippen molar-refractivity contribution in [3.8, 4) is 0 Å². The van der Waals surface area contributed by atoms with Gasteiger partial charge >= 0.3 is 5.97 Å². The fraction of sp³-hybridized carbons (Fsp3) is 0.500. The van der Waals surface area contributed by atoms with E-state index < -0.39 is 5.97 Å². The number of aldehydes is 1. The lowest BCUT2D eigenvalue weighted by molar-refractivity contribution is -0.142. The van der Waals surface area contributed by atoms with Crippen LogP contribution >= 0.6 is 0 Å². The predicted octanol–water partition coefficient (Wildman–Crippen LogP) is 1.08. The molecule has 0 radical (unpaired) electrons. The molecule has 0 aromatic carbocycles. The highest BCUT2D eigenvalue weighted by Crippen LogP contribution is 1.95. The van der Waals surface area contributed by atoms with E-state index in [1.165, 1.54) is 6.08 Å². The summed E-state index contributed by atoms with van der Waals surface area (Å²) in [6.07, 6.45) is 3.57. The summed E-state index contributed by atoms with van der Waals surface area (Å²) in [5.41, 5.74) is 0. The number of esters is 1. The fourth-order valence-electron chi connectivity index (χ4n) is 0.557. The molecule has 0 aliphatic heterocycles. The van der Waals surface area contributed by atoms with Gasteiger partial charge in [0.25, 0.3) is 0 Å². The van der Waals surface area contributed by atoms with E-state index >= 15 is 0 Å². The highest BCUT2D eigenvalue weighted by atomic mass is 16.5. The minimum Gasteiger partial charge on any atom is -0.459 e. The molecule has 62 valence electrons. The van der Waals surface area contributed by atoms with E-state index in [0.717, 1.165) is 6.29 Å². The number of carbonyl (C=O) groups is 2. The molecule has 0 aliphatic rings. The second-order valence-corrected chi connectivity index (χ2v) is 2.15. The molecule has 0 bridgehead atoms. The first-order valence-electron chi connectivity index (χ1n) is 3.47. The zero-order chi connectivity index (χ0) is 8.69. The predicted molar refractivity (Wildman–Crippen MR) is 41.0 cm³/mol. The zero-order valence-electron chi connectivity index (χ0n) is 6.74. The summed E-state index contributed by atoms with van der Waals surface area (Å²) in [6.45, 7) is 3.40. The van der Waals surface area contributed by atoms with Gasteiger partial charge in [0.2, 0.25) is 0 Å². The Labute approximate surface area is 66.0 Å². The van der Waals surface area contributed by atoms with Gasteiger partial charge in [-0.2, -0.15) is 0 Å². The molecule has 0 heterocycles. The van der Waals surface area contributed by atoms with Crippen LogP contribution in [-0.2, 0) is 14.3 Å². The van der Waals surface area contributed by atoms with Gasteiger partial charge in [0.15, 0.2) is 0 Å². The Bertz CT molecular complexity index is 161. The normalized spacial score (nSPS) is 12.9. The monoisotopic (exact) mass is 156 g/mol. The Morgan fingerprint density at radius 3 is 2.73 bits per heavy atom. The molecule has 0 spiro atoms. The lowest BCUT2D eigenvalue weighted by Crippen LogP contribution is -2.13. The second kappa shape index (κ2) is 5.65. The van der Waals surface area contributed by atoms with Crippen LogP contribution < -0.4 is 0 Å². The zero-order valence-corrected chi connectivity index (χ0v) is 6.74. The molecule has 0 aliphatic carbocycles. The van der Waals surface area contributed by atoms with Crippen LogP contribution in [0.2, 0.25) is 0 Å². The van der Waals surface area contributed by atoms with Crippen molar-refractivity contribution in [3.05, 3.63) is 12.2 Å². The summed E-state index contributed by atoms with van der Waals surface area (Å²) in [7, 11) is 0. The van der Waals surface area contributed by atoms with E-state index in [1.807, 2.05) is 0 Å². The Kier molecular flexibility index (Phi) is 5.07. The Morgan fingerprint density at radius 2 is 2.27 bits per heavy atom. The van der Waals surface area contributed by atoms with E-state index in [9.17, 15) is 9.59 Å². The van der Waals surface area contributed by atoms with Gasteiger partial charge in [-0.3, -0.25) is 0 Å². The van der Waals surface area contributed by atoms with Crippen LogP contribution in [0.3, 0.4) is 0 Å². The minimum absolute atomic E-state index is 0.253. The van der Waals surface area contributed by atoms with Crippen molar-refractivity contribution in [3.63, 3.8) is 0 Å². The molecule has 3 nitrogen and oxygen atoms in total. The maximum absolute atomic E-state index is 10.7. The highest BCUT2D eigenvalue weighted by molar-refractivity contribution is 5.82. The molecule has 1 atom stereocenters. The largest absolute Gasteiger partial charge is 0.459 e. The van der Waals surface area contributed by atoms with E-state index in [1.54, 1.807) is 19.9 Å².